The van der Waals surface area contributed by atoms with Gasteiger partial charge < -0.3 is 9.88 Å². The predicted molar refractivity (Wildman–Crippen MR) is 92.3 cm³/mol. The Morgan fingerprint density at radius 3 is 2.88 bits per heavy atom. The number of nitrogens with zero attached hydrogens (tertiary/aromatic N) is 7. The summed E-state index contributed by atoms with van der Waals surface area (Å²) in [7, 11) is 0. The molecule has 5 rings (SSSR count). The average molecular weight is 332 g/mol. The van der Waals surface area contributed by atoms with Gasteiger partial charge in [0.2, 0.25) is 0 Å². The highest BCUT2D eigenvalue weighted by Crippen LogP contribution is 2.37. The number of imidazole rings is 1. The van der Waals surface area contributed by atoms with Gasteiger partial charge in [-0.3, -0.25) is 0 Å². The summed E-state index contributed by atoms with van der Waals surface area (Å²) in [5.74, 6) is 0.760. The smallest absolute Gasteiger partial charge is 0.165 e. The fourth-order valence-corrected chi connectivity index (χ4v) is 2.94. The van der Waals surface area contributed by atoms with Gasteiger partial charge in [0, 0.05) is 12.6 Å². The van der Waals surface area contributed by atoms with E-state index in [2.05, 4.69) is 47.1 Å². The Morgan fingerprint density at radius 1 is 1.08 bits per heavy atom. The first-order valence-corrected chi connectivity index (χ1v) is 8.24. The van der Waals surface area contributed by atoms with Gasteiger partial charge in [-0.25, -0.2) is 24.6 Å². The molecule has 4 aromatic rings. The van der Waals surface area contributed by atoms with Crippen LogP contribution in [0, 0.1) is 0 Å². The lowest BCUT2D eigenvalue weighted by Crippen LogP contribution is -2.04. The second kappa shape index (κ2) is 5.66. The van der Waals surface area contributed by atoms with E-state index in [9.17, 15) is 0 Å². The monoisotopic (exact) mass is 332 g/mol. The molecular weight excluding hydrogens is 316 g/mol. The molecule has 0 atom stereocenters. The summed E-state index contributed by atoms with van der Waals surface area (Å²) in [4.78, 5) is 17.2. The molecule has 1 aromatic carbocycles. The van der Waals surface area contributed by atoms with Gasteiger partial charge in [0.25, 0.3) is 0 Å². The fraction of sp³-hybridized carbons (Fsp3) is 0.235. The molecule has 1 aliphatic carbocycles. The second-order valence-corrected chi connectivity index (χ2v) is 6.14. The quantitative estimate of drug-likeness (QED) is 0.604. The van der Waals surface area contributed by atoms with Gasteiger partial charge in [0.15, 0.2) is 11.5 Å². The summed E-state index contributed by atoms with van der Waals surface area (Å²) >= 11 is 0. The number of hydrogen-bond donors (Lipinski definition) is 1. The number of anilines is 1. The van der Waals surface area contributed by atoms with Crippen molar-refractivity contribution in [2.75, 3.05) is 5.32 Å². The molecule has 124 valence electrons. The highest BCUT2D eigenvalue weighted by Gasteiger charge is 2.26. The largest absolute Gasteiger partial charge is 0.364 e. The first kappa shape index (κ1) is 14.1. The highest BCUT2D eigenvalue weighted by molar-refractivity contribution is 5.82. The Hall–Kier alpha value is -3.29. The normalized spacial score (nSPS) is 14.1. The number of hydrogen-bond acceptors (Lipinski definition) is 6. The van der Waals surface area contributed by atoms with E-state index < -0.39 is 0 Å². The van der Waals surface area contributed by atoms with Gasteiger partial charge in [-0.1, -0.05) is 12.1 Å². The lowest BCUT2D eigenvalue weighted by molar-refractivity contribution is 0.756. The maximum Gasteiger partial charge on any atom is 0.165 e. The van der Waals surface area contributed by atoms with Crippen molar-refractivity contribution in [2.24, 2.45) is 0 Å². The molecule has 0 unspecified atom stereocenters. The van der Waals surface area contributed by atoms with Crippen molar-refractivity contribution in [1.29, 1.82) is 0 Å². The van der Waals surface area contributed by atoms with Crippen molar-refractivity contribution < 1.29 is 0 Å². The van der Waals surface area contributed by atoms with E-state index in [1.807, 2.05) is 18.5 Å². The topological polar surface area (TPSA) is 86.3 Å². The van der Waals surface area contributed by atoms with Crippen LogP contribution in [0.5, 0.6) is 0 Å². The van der Waals surface area contributed by atoms with E-state index in [1.54, 1.807) is 17.3 Å². The van der Waals surface area contributed by atoms with Crippen molar-refractivity contribution in [2.45, 2.75) is 25.4 Å². The number of fused-ring (bicyclic) bond motifs is 1. The number of rotatable bonds is 5. The minimum atomic E-state index is 0.548. The Balaban J connectivity index is 1.40. The number of nitrogens with one attached hydrogen (secondary N) is 1. The Morgan fingerprint density at radius 2 is 2.04 bits per heavy atom. The Bertz CT molecular complexity index is 1020. The fourth-order valence-electron chi connectivity index (χ4n) is 2.94. The molecule has 0 amide bonds. The van der Waals surface area contributed by atoms with Crippen LogP contribution < -0.4 is 5.32 Å². The second-order valence-electron chi connectivity index (χ2n) is 6.14. The van der Waals surface area contributed by atoms with Gasteiger partial charge >= 0.3 is 0 Å². The predicted octanol–water partition coefficient (Wildman–Crippen LogP) is 2.35. The third-order valence-electron chi connectivity index (χ3n) is 4.35. The maximum absolute atomic E-state index is 4.50. The van der Waals surface area contributed by atoms with Crippen molar-refractivity contribution in [3.05, 3.63) is 55.1 Å². The van der Waals surface area contributed by atoms with E-state index in [-0.39, 0.29) is 0 Å². The Kier molecular flexibility index (Phi) is 3.19. The van der Waals surface area contributed by atoms with Crippen molar-refractivity contribution in [1.82, 2.24) is 34.3 Å². The molecule has 1 saturated carbocycles. The standard InChI is InChI=1S/C17H16N8/c1-2-12(6-14(3-1)25-10-18-8-23-25)7-19-16-15-17(21-9-20-16)24(11-22-15)13-4-5-13/h1-3,6,8-11,13H,4-5,7H2,(H,19,20,21). The van der Waals surface area contributed by atoms with Crippen LogP contribution in [0.2, 0.25) is 0 Å². The molecule has 8 nitrogen and oxygen atoms in total. The van der Waals surface area contributed by atoms with E-state index in [0.717, 1.165) is 28.2 Å². The molecule has 8 heteroatoms. The first-order valence-electron chi connectivity index (χ1n) is 8.24. The molecule has 25 heavy (non-hydrogen) atoms. The van der Waals surface area contributed by atoms with Crippen LogP contribution in [0.25, 0.3) is 16.9 Å². The van der Waals surface area contributed by atoms with Gasteiger partial charge in [0.1, 0.15) is 24.5 Å². The minimum Gasteiger partial charge on any atom is -0.364 e. The molecule has 0 bridgehead atoms. The SMILES string of the molecule is c1cc(CNc2ncnc3c2ncn3C2CC2)cc(-n2cncn2)c1. The summed E-state index contributed by atoms with van der Waals surface area (Å²) in [5.41, 5.74) is 3.82. The third-order valence-corrected chi connectivity index (χ3v) is 4.35. The van der Waals surface area contributed by atoms with E-state index >= 15 is 0 Å². The van der Waals surface area contributed by atoms with Gasteiger partial charge in [-0.2, -0.15) is 5.10 Å². The average Bonchev–Trinajstić information content (AvgIpc) is 3.18. The minimum absolute atomic E-state index is 0.548. The van der Waals surface area contributed by atoms with Crippen LogP contribution in [-0.2, 0) is 6.54 Å². The molecule has 1 aliphatic rings. The van der Waals surface area contributed by atoms with Crippen molar-refractivity contribution >= 4 is 17.0 Å². The number of benzene rings is 1. The zero-order valence-electron chi connectivity index (χ0n) is 13.4. The molecular formula is C17H16N8. The van der Waals surface area contributed by atoms with Crippen LogP contribution in [0.4, 0.5) is 5.82 Å². The highest BCUT2D eigenvalue weighted by atomic mass is 15.3. The lowest BCUT2D eigenvalue weighted by Gasteiger charge is -2.08. The summed E-state index contributed by atoms with van der Waals surface area (Å²) in [6, 6.07) is 8.69. The van der Waals surface area contributed by atoms with E-state index in [1.165, 1.54) is 19.2 Å². The molecule has 1 fully saturated rings. The van der Waals surface area contributed by atoms with Crippen LogP contribution in [0.3, 0.4) is 0 Å². The molecule has 0 radical (unpaired) electrons. The zero-order valence-corrected chi connectivity index (χ0v) is 13.4. The third kappa shape index (κ3) is 2.61. The molecule has 0 aliphatic heterocycles. The first-order chi connectivity index (χ1) is 12.4. The Labute approximate surface area is 143 Å². The van der Waals surface area contributed by atoms with Gasteiger partial charge in [-0.05, 0) is 30.5 Å². The van der Waals surface area contributed by atoms with Crippen LogP contribution in [0.15, 0.2) is 49.6 Å². The summed E-state index contributed by atoms with van der Waals surface area (Å²) in [5, 5.41) is 7.54. The molecule has 3 aromatic heterocycles. The number of aromatic nitrogens is 7. The van der Waals surface area contributed by atoms with E-state index in [4.69, 9.17) is 0 Å². The van der Waals surface area contributed by atoms with Gasteiger partial charge in [0.05, 0.1) is 12.0 Å². The summed E-state index contributed by atoms with van der Waals surface area (Å²) in [6.07, 6.45) is 9.08. The molecule has 0 spiro atoms. The zero-order chi connectivity index (χ0) is 16.6. The lowest BCUT2D eigenvalue weighted by atomic mass is 10.2. The van der Waals surface area contributed by atoms with E-state index in [0.29, 0.717) is 12.6 Å². The van der Waals surface area contributed by atoms with Crippen LogP contribution in [-0.4, -0.2) is 34.3 Å². The van der Waals surface area contributed by atoms with Crippen LogP contribution in [0.1, 0.15) is 24.4 Å². The van der Waals surface area contributed by atoms with Crippen molar-refractivity contribution in [3.8, 4) is 5.69 Å². The maximum atomic E-state index is 4.50. The molecule has 3 heterocycles. The summed E-state index contributed by atoms with van der Waals surface area (Å²) < 4.78 is 3.89. The van der Waals surface area contributed by atoms with Crippen molar-refractivity contribution in [3.63, 3.8) is 0 Å². The van der Waals surface area contributed by atoms with Gasteiger partial charge in [-0.15, -0.1) is 0 Å². The molecule has 0 saturated heterocycles. The molecule has 1 N–H and O–H groups in total. The summed E-state index contributed by atoms with van der Waals surface area (Å²) in [6.45, 7) is 0.644. The van der Waals surface area contributed by atoms with Crippen LogP contribution >= 0.6 is 0 Å².